The van der Waals surface area contributed by atoms with Crippen molar-refractivity contribution in [3.8, 4) is 0 Å². The van der Waals surface area contributed by atoms with Gasteiger partial charge in [-0.2, -0.15) is 0 Å². The first kappa shape index (κ1) is 14.9. The minimum absolute atomic E-state index is 0.344. The van der Waals surface area contributed by atoms with Crippen molar-refractivity contribution in [3.63, 3.8) is 0 Å². The van der Waals surface area contributed by atoms with Crippen molar-refractivity contribution in [2.45, 2.75) is 56.9 Å². The molecule has 2 aliphatic carbocycles. The molecule has 0 spiro atoms. The quantitative estimate of drug-likeness (QED) is 0.906. The van der Waals surface area contributed by atoms with Crippen molar-refractivity contribution < 1.29 is 4.79 Å². The van der Waals surface area contributed by atoms with Gasteiger partial charge in [0.05, 0.1) is 6.67 Å². The van der Waals surface area contributed by atoms with Crippen LogP contribution in [0.1, 0.15) is 56.4 Å². The van der Waals surface area contributed by atoms with E-state index in [1.165, 1.54) is 43.4 Å². The van der Waals surface area contributed by atoms with Gasteiger partial charge in [0.15, 0.2) is 5.78 Å². The molecule has 0 unspecified atom stereocenters. The Morgan fingerprint density at radius 2 is 1.78 bits per heavy atom. The van der Waals surface area contributed by atoms with E-state index in [1.54, 1.807) is 0 Å². The Hall–Kier alpha value is -1.61. The third kappa shape index (κ3) is 3.07. The first-order chi connectivity index (χ1) is 11.3. The lowest BCUT2D eigenvalue weighted by molar-refractivity contribution is -0.117. The highest BCUT2D eigenvalue weighted by molar-refractivity contribution is 5.98. The predicted molar refractivity (Wildman–Crippen MR) is 92.0 cm³/mol. The number of hydrogen-bond donors (Lipinski definition) is 1. The Kier molecular flexibility index (Phi) is 4.21. The fourth-order valence-electron chi connectivity index (χ4n) is 4.44. The summed E-state index contributed by atoms with van der Waals surface area (Å²) < 4.78 is 0. The minimum Gasteiger partial charge on any atom is -0.375 e. The first-order valence-electron chi connectivity index (χ1n) is 9.09. The molecule has 4 rings (SSSR count). The van der Waals surface area contributed by atoms with Crippen LogP contribution in [0, 0.1) is 0 Å². The largest absolute Gasteiger partial charge is 0.375 e. The van der Waals surface area contributed by atoms with Crippen molar-refractivity contribution in [2.24, 2.45) is 0 Å². The maximum atomic E-state index is 12.7. The molecule has 1 atom stereocenters. The van der Waals surface area contributed by atoms with Gasteiger partial charge in [0.2, 0.25) is 0 Å². The summed E-state index contributed by atoms with van der Waals surface area (Å²) in [5.74, 6) is 0.698. The van der Waals surface area contributed by atoms with E-state index in [0.717, 1.165) is 25.2 Å². The van der Waals surface area contributed by atoms with E-state index in [-0.39, 0.29) is 0 Å². The first-order valence-corrected chi connectivity index (χ1v) is 9.09. The number of nitrogens with one attached hydrogen (secondary N) is 1. The highest BCUT2D eigenvalue weighted by Gasteiger charge is 2.34. The van der Waals surface area contributed by atoms with E-state index < -0.39 is 0 Å². The summed E-state index contributed by atoms with van der Waals surface area (Å²) in [4.78, 5) is 15.2. The molecule has 3 nitrogen and oxygen atoms in total. The third-order valence-corrected chi connectivity index (χ3v) is 5.80. The molecule has 3 aliphatic rings. The van der Waals surface area contributed by atoms with Gasteiger partial charge in [-0.25, -0.2) is 0 Å². The molecular formula is C20H26N2O. The molecule has 0 aromatic heterocycles. The number of hydrogen-bond acceptors (Lipinski definition) is 3. The maximum absolute atomic E-state index is 12.7. The standard InChI is InChI=1S/C20H26N2O/c23-20-12-16(15-7-3-1-4-8-15)11-19-18(20)13-22(14-21-19)17-9-5-2-6-10-17/h1,3-4,7-8,16-17,21H,2,5-6,9-14H2/t16-/m0/s1. The number of carbonyl (C=O) groups excluding carboxylic acids is 1. The average Bonchev–Trinajstić information content (AvgIpc) is 2.63. The fraction of sp³-hybridized carbons (Fsp3) is 0.550. The van der Waals surface area contributed by atoms with Gasteiger partial charge in [-0.15, -0.1) is 0 Å². The summed E-state index contributed by atoms with van der Waals surface area (Å²) in [6, 6.07) is 11.2. The molecule has 1 aromatic rings. The van der Waals surface area contributed by atoms with Crippen LogP contribution < -0.4 is 5.32 Å². The monoisotopic (exact) mass is 310 g/mol. The average molecular weight is 310 g/mol. The van der Waals surface area contributed by atoms with Crippen molar-refractivity contribution >= 4 is 5.78 Å². The van der Waals surface area contributed by atoms with Gasteiger partial charge in [-0.05, 0) is 30.7 Å². The predicted octanol–water partition coefficient (Wildman–Crippen LogP) is 3.58. The van der Waals surface area contributed by atoms with Crippen LogP contribution >= 0.6 is 0 Å². The molecule has 0 radical (unpaired) electrons. The number of nitrogens with zero attached hydrogens (tertiary/aromatic N) is 1. The van der Waals surface area contributed by atoms with Crippen LogP contribution in [0.4, 0.5) is 0 Å². The zero-order chi connectivity index (χ0) is 15.6. The highest BCUT2D eigenvalue weighted by Crippen LogP contribution is 2.36. The Labute approximate surface area is 138 Å². The Morgan fingerprint density at radius 1 is 1.00 bits per heavy atom. The van der Waals surface area contributed by atoms with Crippen molar-refractivity contribution in [1.82, 2.24) is 10.2 Å². The maximum Gasteiger partial charge on any atom is 0.162 e. The van der Waals surface area contributed by atoms with Crippen LogP contribution in [0.2, 0.25) is 0 Å². The second-order valence-electron chi connectivity index (χ2n) is 7.27. The Bertz CT molecular complexity index is 601. The van der Waals surface area contributed by atoms with Crippen LogP contribution in [0.25, 0.3) is 0 Å². The fourth-order valence-corrected chi connectivity index (χ4v) is 4.44. The molecule has 3 heteroatoms. The summed E-state index contributed by atoms with van der Waals surface area (Å²) >= 11 is 0. The molecule has 1 fully saturated rings. The number of rotatable bonds is 2. The molecule has 0 saturated heterocycles. The number of carbonyl (C=O) groups is 1. The summed E-state index contributed by atoms with van der Waals surface area (Å²) in [6.45, 7) is 1.78. The molecule has 23 heavy (non-hydrogen) atoms. The lowest BCUT2D eigenvalue weighted by Crippen LogP contribution is -2.49. The van der Waals surface area contributed by atoms with Gasteiger partial charge in [-0.3, -0.25) is 9.69 Å². The molecule has 1 aliphatic heterocycles. The number of allylic oxidation sites excluding steroid dienone is 1. The van der Waals surface area contributed by atoms with Gasteiger partial charge in [-0.1, -0.05) is 49.6 Å². The van der Waals surface area contributed by atoms with Gasteiger partial charge < -0.3 is 5.32 Å². The Morgan fingerprint density at radius 3 is 2.57 bits per heavy atom. The zero-order valence-corrected chi connectivity index (χ0v) is 13.8. The van der Waals surface area contributed by atoms with E-state index in [4.69, 9.17) is 0 Å². The molecule has 1 saturated carbocycles. The van der Waals surface area contributed by atoms with Crippen molar-refractivity contribution in [3.05, 3.63) is 47.2 Å². The van der Waals surface area contributed by atoms with E-state index in [0.29, 0.717) is 24.2 Å². The molecule has 122 valence electrons. The number of ketones is 1. The number of Topliss-reactive ketones (excluding diaryl/α,β-unsaturated/α-hetero) is 1. The second kappa shape index (κ2) is 6.48. The molecule has 1 aromatic carbocycles. The van der Waals surface area contributed by atoms with E-state index in [9.17, 15) is 4.79 Å². The van der Waals surface area contributed by atoms with Crippen LogP contribution in [0.5, 0.6) is 0 Å². The highest BCUT2D eigenvalue weighted by atomic mass is 16.1. The van der Waals surface area contributed by atoms with E-state index in [1.807, 2.05) is 6.07 Å². The van der Waals surface area contributed by atoms with Crippen LogP contribution in [-0.4, -0.2) is 29.9 Å². The molecule has 0 bridgehead atoms. The zero-order valence-electron chi connectivity index (χ0n) is 13.8. The minimum atomic E-state index is 0.344. The van der Waals surface area contributed by atoms with Gasteiger partial charge in [0.1, 0.15) is 0 Å². The van der Waals surface area contributed by atoms with E-state index >= 15 is 0 Å². The van der Waals surface area contributed by atoms with Gasteiger partial charge in [0, 0.05) is 30.3 Å². The SMILES string of the molecule is O=C1C[C@@H](c2ccccc2)CC2=C1CN(C1CCCCC1)CN2. The topological polar surface area (TPSA) is 32.3 Å². The second-order valence-corrected chi connectivity index (χ2v) is 7.27. The van der Waals surface area contributed by atoms with Crippen LogP contribution in [0.15, 0.2) is 41.6 Å². The lowest BCUT2D eigenvalue weighted by Gasteiger charge is -2.41. The van der Waals surface area contributed by atoms with Crippen molar-refractivity contribution in [2.75, 3.05) is 13.2 Å². The molecule has 1 N–H and O–H groups in total. The van der Waals surface area contributed by atoms with Gasteiger partial charge >= 0.3 is 0 Å². The molecular weight excluding hydrogens is 284 g/mol. The molecule has 0 amide bonds. The third-order valence-electron chi connectivity index (χ3n) is 5.80. The normalized spacial score (nSPS) is 26.8. The molecule has 1 heterocycles. The summed E-state index contributed by atoms with van der Waals surface area (Å²) in [5.41, 5.74) is 3.57. The van der Waals surface area contributed by atoms with Gasteiger partial charge in [0.25, 0.3) is 0 Å². The summed E-state index contributed by atoms with van der Waals surface area (Å²) in [5, 5.41) is 3.58. The summed E-state index contributed by atoms with van der Waals surface area (Å²) in [7, 11) is 0. The lowest BCUT2D eigenvalue weighted by atomic mass is 9.81. The van der Waals surface area contributed by atoms with E-state index in [2.05, 4.69) is 34.5 Å². The van der Waals surface area contributed by atoms with Crippen molar-refractivity contribution in [1.29, 1.82) is 0 Å². The van der Waals surface area contributed by atoms with Crippen LogP contribution in [-0.2, 0) is 4.79 Å². The Balaban J connectivity index is 1.49. The number of benzene rings is 1. The van der Waals surface area contributed by atoms with Crippen LogP contribution in [0.3, 0.4) is 0 Å². The summed E-state index contributed by atoms with van der Waals surface area (Å²) in [6.07, 6.45) is 8.32. The smallest absolute Gasteiger partial charge is 0.162 e.